The molecular weight excluding hydrogens is 201 g/mol. The maximum atomic E-state index is 5.65. The van der Waals surface area contributed by atoms with E-state index in [1.165, 1.54) is 16.7 Å². The van der Waals surface area contributed by atoms with Crippen molar-refractivity contribution >= 4 is 26.8 Å². The van der Waals surface area contributed by atoms with Crippen molar-refractivity contribution in [1.29, 1.82) is 0 Å². The molecule has 3 nitrogen and oxygen atoms in total. The van der Waals surface area contributed by atoms with Crippen LogP contribution in [0, 0.1) is 0 Å². The van der Waals surface area contributed by atoms with Crippen LogP contribution in [0.1, 0.15) is 11.1 Å². The van der Waals surface area contributed by atoms with E-state index in [4.69, 9.17) is 5.73 Å². The van der Waals surface area contributed by atoms with Crippen LogP contribution in [0.2, 0.25) is 0 Å². The molecule has 1 aliphatic carbocycles. The Morgan fingerprint density at radius 1 is 1.20 bits per heavy atom. The molecule has 2 aromatic rings. The zero-order chi connectivity index (χ0) is 10.4. The summed E-state index contributed by atoms with van der Waals surface area (Å²) in [4.78, 5) is 8.47. The number of hydrogen-bond acceptors (Lipinski definition) is 3. The van der Waals surface area contributed by atoms with Crippen molar-refractivity contribution in [1.82, 2.24) is 9.97 Å². The number of aromatic nitrogens is 2. The Labute approximate surface area is 95.8 Å². The summed E-state index contributed by atoms with van der Waals surface area (Å²) >= 11 is 2.63. The highest BCUT2D eigenvalue weighted by Crippen LogP contribution is 2.33. The standard InChI is InChI=1S/C11H8N3.Al/c12-11-13-6-8-5-7-3-1-2-4-9(7)10(8)14-11;/h1-4H,5H2,(H2,12,13,14);. The van der Waals surface area contributed by atoms with E-state index in [-0.39, 0.29) is 0 Å². The topological polar surface area (TPSA) is 51.8 Å². The molecule has 0 saturated heterocycles. The second-order valence-corrected chi connectivity index (χ2v) is 4.18. The van der Waals surface area contributed by atoms with E-state index in [0.717, 1.165) is 16.7 Å². The lowest BCUT2D eigenvalue weighted by Gasteiger charge is -2.04. The smallest absolute Gasteiger partial charge is 0.219 e. The number of hydrogen-bond donors (Lipinski definition) is 1. The number of nitrogens with zero attached hydrogens (tertiary/aromatic N) is 2. The molecular formula is C11H8AlN3. The predicted octanol–water partition coefficient (Wildman–Crippen LogP) is 0.424. The van der Waals surface area contributed by atoms with Gasteiger partial charge in [0.1, 0.15) is 0 Å². The van der Waals surface area contributed by atoms with Crippen LogP contribution in [-0.2, 0) is 6.42 Å². The summed E-state index contributed by atoms with van der Waals surface area (Å²) < 4.78 is 0.911. The second-order valence-electron chi connectivity index (χ2n) is 3.63. The van der Waals surface area contributed by atoms with Gasteiger partial charge in [0.25, 0.3) is 0 Å². The van der Waals surface area contributed by atoms with Crippen LogP contribution in [0.15, 0.2) is 24.3 Å². The highest BCUT2D eigenvalue weighted by molar-refractivity contribution is 6.32. The fourth-order valence-electron chi connectivity index (χ4n) is 2.01. The van der Waals surface area contributed by atoms with Gasteiger partial charge in [0, 0.05) is 12.0 Å². The first-order valence-electron chi connectivity index (χ1n) is 4.76. The summed E-state index contributed by atoms with van der Waals surface area (Å²) in [5, 5.41) is 0. The highest BCUT2D eigenvalue weighted by atomic mass is 27.0. The maximum absolute atomic E-state index is 5.65. The molecule has 1 heterocycles. The predicted molar refractivity (Wildman–Crippen MR) is 60.1 cm³/mol. The van der Waals surface area contributed by atoms with Crippen molar-refractivity contribution in [2.45, 2.75) is 6.42 Å². The van der Waals surface area contributed by atoms with E-state index in [1.807, 2.05) is 12.1 Å². The first kappa shape index (κ1) is 8.90. The summed E-state index contributed by atoms with van der Waals surface area (Å²) in [6.07, 6.45) is 0.907. The molecule has 0 aliphatic heterocycles. The fourth-order valence-corrected chi connectivity index (χ4v) is 2.38. The van der Waals surface area contributed by atoms with E-state index < -0.39 is 0 Å². The Bertz CT molecular complexity index is 552. The Hall–Kier alpha value is -1.37. The van der Waals surface area contributed by atoms with Crippen LogP contribution in [0.4, 0.5) is 5.95 Å². The third kappa shape index (κ3) is 1.26. The van der Waals surface area contributed by atoms with Gasteiger partial charge in [-0.05, 0) is 11.1 Å². The minimum absolute atomic E-state index is 0.343. The van der Waals surface area contributed by atoms with Crippen molar-refractivity contribution in [3.63, 3.8) is 0 Å². The normalized spacial score (nSPS) is 12.3. The zero-order valence-electron chi connectivity index (χ0n) is 8.07. The average molecular weight is 209 g/mol. The molecule has 1 aromatic carbocycles. The molecule has 0 bridgehead atoms. The molecule has 70 valence electrons. The van der Waals surface area contributed by atoms with E-state index in [0.29, 0.717) is 5.95 Å². The number of anilines is 1. The van der Waals surface area contributed by atoms with Crippen molar-refractivity contribution in [2.24, 2.45) is 0 Å². The Morgan fingerprint density at radius 3 is 2.87 bits per heavy atom. The first-order valence-corrected chi connectivity index (χ1v) is 5.33. The molecule has 15 heavy (non-hydrogen) atoms. The molecule has 0 spiro atoms. The number of benzene rings is 1. The SMILES string of the molecule is Nc1n[c]([Al])c2c(n1)-c1ccccc1C2. The Morgan fingerprint density at radius 2 is 2.00 bits per heavy atom. The van der Waals surface area contributed by atoms with Gasteiger partial charge in [-0.15, -0.1) is 0 Å². The number of nitrogen functional groups attached to an aromatic ring is 1. The van der Waals surface area contributed by atoms with Crippen molar-refractivity contribution in [3.8, 4) is 11.3 Å². The summed E-state index contributed by atoms with van der Waals surface area (Å²) in [6, 6.07) is 8.27. The molecule has 1 aliphatic rings. The second kappa shape index (κ2) is 3.06. The van der Waals surface area contributed by atoms with Crippen LogP contribution in [0.25, 0.3) is 11.3 Å². The number of fused-ring (bicyclic) bond motifs is 3. The van der Waals surface area contributed by atoms with Gasteiger partial charge >= 0.3 is 0 Å². The highest BCUT2D eigenvalue weighted by Gasteiger charge is 2.21. The first-order chi connectivity index (χ1) is 7.25. The van der Waals surface area contributed by atoms with Crippen LogP contribution >= 0.6 is 0 Å². The molecule has 2 N–H and O–H groups in total. The molecule has 0 unspecified atom stereocenters. The molecule has 1 aromatic heterocycles. The van der Waals surface area contributed by atoms with Gasteiger partial charge in [-0.2, -0.15) is 0 Å². The largest absolute Gasteiger partial charge is 0.368 e. The number of nitrogens with two attached hydrogens (primary N) is 1. The van der Waals surface area contributed by atoms with Crippen molar-refractivity contribution in [2.75, 3.05) is 5.73 Å². The van der Waals surface area contributed by atoms with Crippen LogP contribution in [0.5, 0.6) is 0 Å². The van der Waals surface area contributed by atoms with Crippen LogP contribution in [-0.4, -0.2) is 26.3 Å². The molecule has 0 saturated carbocycles. The summed E-state index contributed by atoms with van der Waals surface area (Å²) in [6.45, 7) is 0. The Balaban J connectivity index is 2.33. The van der Waals surface area contributed by atoms with Gasteiger partial charge in [-0.25, -0.2) is 9.97 Å². The van der Waals surface area contributed by atoms with Gasteiger partial charge in [0.15, 0.2) is 0 Å². The van der Waals surface area contributed by atoms with Crippen molar-refractivity contribution in [3.05, 3.63) is 35.4 Å². The lowest BCUT2D eigenvalue weighted by atomic mass is 10.1. The minimum Gasteiger partial charge on any atom is -0.368 e. The Kier molecular flexibility index (Phi) is 1.82. The van der Waals surface area contributed by atoms with E-state index >= 15 is 0 Å². The zero-order valence-corrected chi connectivity index (χ0v) is 9.22. The molecule has 2 radical (unpaired) electrons. The van der Waals surface area contributed by atoms with E-state index in [1.54, 1.807) is 0 Å². The minimum atomic E-state index is 0.343. The van der Waals surface area contributed by atoms with E-state index in [2.05, 4.69) is 38.4 Å². The lowest BCUT2D eigenvalue weighted by molar-refractivity contribution is 1.17. The molecule has 0 fully saturated rings. The summed E-state index contributed by atoms with van der Waals surface area (Å²) in [7, 11) is 0. The quantitative estimate of drug-likeness (QED) is 0.546. The van der Waals surface area contributed by atoms with Crippen LogP contribution in [0.3, 0.4) is 0 Å². The average Bonchev–Trinajstić information content (AvgIpc) is 2.57. The summed E-state index contributed by atoms with van der Waals surface area (Å²) in [5.74, 6) is 0.343. The van der Waals surface area contributed by atoms with Gasteiger partial charge < -0.3 is 5.73 Å². The molecule has 0 atom stereocenters. The lowest BCUT2D eigenvalue weighted by Crippen LogP contribution is -2.17. The fraction of sp³-hybridized carbons (Fsp3) is 0.0909. The monoisotopic (exact) mass is 209 g/mol. The third-order valence-corrected chi connectivity index (χ3v) is 3.17. The maximum Gasteiger partial charge on any atom is 0.219 e. The molecule has 0 amide bonds. The van der Waals surface area contributed by atoms with Crippen LogP contribution < -0.4 is 10.3 Å². The number of rotatable bonds is 0. The van der Waals surface area contributed by atoms with Gasteiger partial charge in [-0.3, -0.25) is 0 Å². The van der Waals surface area contributed by atoms with Gasteiger partial charge in [0.05, 0.1) is 5.69 Å². The van der Waals surface area contributed by atoms with Crippen molar-refractivity contribution < 1.29 is 0 Å². The van der Waals surface area contributed by atoms with E-state index in [9.17, 15) is 0 Å². The van der Waals surface area contributed by atoms with Gasteiger partial charge in [0.2, 0.25) is 22.2 Å². The molecule has 3 rings (SSSR count). The third-order valence-electron chi connectivity index (χ3n) is 2.70. The summed E-state index contributed by atoms with van der Waals surface area (Å²) in [5.41, 5.74) is 10.3. The molecule has 4 heteroatoms. The van der Waals surface area contributed by atoms with Gasteiger partial charge in [-0.1, -0.05) is 28.8 Å².